The van der Waals surface area contributed by atoms with E-state index in [1.165, 1.54) is 0 Å². The predicted octanol–water partition coefficient (Wildman–Crippen LogP) is -0.114. The molecule has 0 aromatic carbocycles. The molecule has 1 aliphatic rings. The standard InChI is InChI=1S/C10H21N3O/c1-8-7-12(4)5-6-13(8)9(14)10(2,3)11/h8H,5-7,11H2,1-4H3. The van der Waals surface area contributed by atoms with Gasteiger partial charge in [0.2, 0.25) is 5.91 Å². The fourth-order valence-corrected chi connectivity index (χ4v) is 1.81. The van der Waals surface area contributed by atoms with Crippen molar-refractivity contribution in [3.63, 3.8) is 0 Å². The van der Waals surface area contributed by atoms with Crippen LogP contribution >= 0.6 is 0 Å². The van der Waals surface area contributed by atoms with Gasteiger partial charge >= 0.3 is 0 Å². The van der Waals surface area contributed by atoms with Gasteiger partial charge in [-0.3, -0.25) is 4.79 Å². The molecule has 2 N–H and O–H groups in total. The van der Waals surface area contributed by atoms with E-state index in [0.29, 0.717) is 0 Å². The lowest BCUT2D eigenvalue weighted by Crippen LogP contribution is -2.59. The summed E-state index contributed by atoms with van der Waals surface area (Å²) in [5.74, 6) is 0.0538. The fourth-order valence-electron chi connectivity index (χ4n) is 1.81. The van der Waals surface area contributed by atoms with Crippen LogP contribution in [0.2, 0.25) is 0 Å². The van der Waals surface area contributed by atoms with Crippen LogP contribution in [0.1, 0.15) is 20.8 Å². The lowest BCUT2D eigenvalue weighted by molar-refractivity contribution is -0.140. The number of hydrogen-bond donors (Lipinski definition) is 1. The summed E-state index contributed by atoms with van der Waals surface area (Å²) < 4.78 is 0. The first kappa shape index (κ1) is 11.5. The van der Waals surface area contributed by atoms with Crippen molar-refractivity contribution in [2.45, 2.75) is 32.4 Å². The van der Waals surface area contributed by atoms with Crippen molar-refractivity contribution < 1.29 is 4.79 Å². The molecular weight excluding hydrogens is 178 g/mol. The highest BCUT2D eigenvalue weighted by atomic mass is 16.2. The Balaban J connectivity index is 2.65. The Morgan fingerprint density at radius 3 is 2.43 bits per heavy atom. The van der Waals surface area contributed by atoms with E-state index in [4.69, 9.17) is 5.73 Å². The van der Waals surface area contributed by atoms with Crippen LogP contribution in [-0.2, 0) is 4.79 Å². The number of nitrogens with zero attached hydrogens (tertiary/aromatic N) is 2. The quantitative estimate of drug-likeness (QED) is 0.641. The predicted molar refractivity (Wildman–Crippen MR) is 56.9 cm³/mol. The average Bonchev–Trinajstić information content (AvgIpc) is 2.01. The molecule has 1 atom stereocenters. The van der Waals surface area contributed by atoms with Crippen molar-refractivity contribution in [1.29, 1.82) is 0 Å². The Kier molecular flexibility index (Phi) is 3.17. The van der Waals surface area contributed by atoms with Crippen LogP contribution < -0.4 is 5.73 Å². The number of carbonyl (C=O) groups is 1. The van der Waals surface area contributed by atoms with E-state index < -0.39 is 5.54 Å². The van der Waals surface area contributed by atoms with E-state index in [1.54, 1.807) is 13.8 Å². The highest BCUT2D eigenvalue weighted by Crippen LogP contribution is 2.12. The first-order chi connectivity index (χ1) is 6.32. The van der Waals surface area contributed by atoms with Crippen molar-refractivity contribution in [2.75, 3.05) is 26.7 Å². The van der Waals surface area contributed by atoms with Crippen LogP contribution in [0.3, 0.4) is 0 Å². The van der Waals surface area contributed by atoms with E-state index in [0.717, 1.165) is 19.6 Å². The number of likely N-dealkylation sites (N-methyl/N-ethyl adjacent to an activating group) is 1. The zero-order chi connectivity index (χ0) is 10.9. The molecule has 0 bridgehead atoms. The number of carbonyl (C=O) groups excluding carboxylic acids is 1. The van der Waals surface area contributed by atoms with Gasteiger partial charge in [-0.05, 0) is 27.8 Å². The molecule has 1 fully saturated rings. The molecule has 0 aliphatic carbocycles. The number of nitrogens with two attached hydrogens (primary N) is 1. The smallest absolute Gasteiger partial charge is 0.242 e. The van der Waals surface area contributed by atoms with Gasteiger partial charge in [0.15, 0.2) is 0 Å². The molecule has 82 valence electrons. The summed E-state index contributed by atoms with van der Waals surface area (Å²) in [6.07, 6.45) is 0. The molecule has 0 aromatic heterocycles. The molecule has 4 nitrogen and oxygen atoms in total. The van der Waals surface area contributed by atoms with Crippen LogP contribution in [0.5, 0.6) is 0 Å². The molecule has 1 unspecified atom stereocenters. The van der Waals surface area contributed by atoms with Crippen molar-refractivity contribution in [3.8, 4) is 0 Å². The normalized spacial score (nSPS) is 25.2. The summed E-state index contributed by atoms with van der Waals surface area (Å²) in [7, 11) is 2.08. The SMILES string of the molecule is CC1CN(C)CCN1C(=O)C(C)(C)N. The monoisotopic (exact) mass is 199 g/mol. The Hall–Kier alpha value is -0.610. The van der Waals surface area contributed by atoms with Gasteiger partial charge < -0.3 is 15.5 Å². The van der Waals surface area contributed by atoms with Gasteiger partial charge in [0, 0.05) is 25.7 Å². The minimum Gasteiger partial charge on any atom is -0.336 e. The minimum atomic E-state index is -0.746. The third-order valence-corrected chi connectivity index (χ3v) is 2.64. The molecule has 0 spiro atoms. The van der Waals surface area contributed by atoms with Gasteiger partial charge in [-0.2, -0.15) is 0 Å². The van der Waals surface area contributed by atoms with Crippen molar-refractivity contribution in [1.82, 2.24) is 9.80 Å². The second-order valence-corrected chi connectivity index (χ2v) is 4.83. The molecule has 1 rings (SSSR count). The van der Waals surface area contributed by atoms with Gasteiger partial charge in [-0.25, -0.2) is 0 Å². The molecular formula is C10H21N3O. The van der Waals surface area contributed by atoms with E-state index in [2.05, 4.69) is 18.9 Å². The van der Waals surface area contributed by atoms with Crippen LogP contribution in [0.4, 0.5) is 0 Å². The second-order valence-electron chi connectivity index (χ2n) is 4.83. The topological polar surface area (TPSA) is 49.6 Å². The van der Waals surface area contributed by atoms with Crippen LogP contribution in [0.25, 0.3) is 0 Å². The van der Waals surface area contributed by atoms with E-state index in [9.17, 15) is 4.79 Å². The third kappa shape index (κ3) is 2.45. The molecule has 1 saturated heterocycles. The summed E-state index contributed by atoms with van der Waals surface area (Å²) >= 11 is 0. The van der Waals surface area contributed by atoms with Crippen LogP contribution in [-0.4, -0.2) is 54.0 Å². The molecule has 4 heteroatoms. The lowest BCUT2D eigenvalue weighted by Gasteiger charge is -2.40. The maximum Gasteiger partial charge on any atom is 0.242 e. The van der Waals surface area contributed by atoms with Crippen molar-refractivity contribution in [2.24, 2.45) is 5.73 Å². The summed E-state index contributed by atoms with van der Waals surface area (Å²) in [5, 5.41) is 0. The zero-order valence-corrected chi connectivity index (χ0v) is 9.58. The molecule has 0 radical (unpaired) electrons. The Labute approximate surface area is 86.0 Å². The van der Waals surface area contributed by atoms with Crippen molar-refractivity contribution >= 4 is 5.91 Å². The molecule has 1 amide bonds. The number of amides is 1. The highest BCUT2D eigenvalue weighted by molar-refractivity contribution is 5.85. The van der Waals surface area contributed by atoms with Crippen LogP contribution in [0.15, 0.2) is 0 Å². The number of hydrogen-bond acceptors (Lipinski definition) is 3. The Bertz CT molecular complexity index is 222. The lowest BCUT2D eigenvalue weighted by atomic mass is 10.0. The van der Waals surface area contributed by atoms with Gasteiger partial charge in [0.25, 0.3) is 0 Å². The van der Waals surface area contributed by atoms with Gasteiger partial charge in [0.1, 0.15) is 0 Å². The summed E-state index contributed by atoms with van der Waals surface area (Å²) in [5.41, 5.74) is 5.06. The van der Waals surface area contributed by atoms with Crippen LogP contribution in [0, 0.1) is 0 Å². The number of rotatable bonds is 1. The Morgan fingerprint density at radius 2 is 2.00 bits per heavy atom. The van der Waals surface area contributed by atoms with E-state index >= 15 is 0 Å². The fraction of sp³-hybridized carbons (Fsp3) is 0.900. The summed E-state index contributed by atoms with van der Waals surface area (Å²) in [4.78, 5) is 16.0. The molecule has 1 heterocycles. The minimum absolute atomic E-state index is 0.0538. The maximum atomic E-state index is 11.9. The summed E-state index contributed by atoms with van der Waals surface area (Å²) in [6, 6.07) is 0.268. The van der Waals surface area contributed by atoms with Gasteiger partial charge in [0.05, 0.1) is 5.54 Å². The van der Waals surface area contributed by atoms with E-state index in [1.807, 2.05) is 4.90 Å². The van der Waals surface area contributed by atoms with Gasteiger partial charge in [-0.1, -0.05) is 0 Å². The molecule has 0 saturated carbocycles. The molecule has 14 heavy (non-hydrogen) atoms. The molecule has 0 aromatic rings. The number of piperazine rings is 1. The first-order valence-electron chi connectivity index (χ1n) is 5.11. The van der Waals surface area contributed by atoms with E-state index in [-0.39, 0.29) is 11.9 Å². The zero-order valence-electron chi connectivity index (χ0n) is 9.58. The average molecular weight is 199 g/mol. The largest absolute Gasteiger partial charge is 0.336 e. The maximum absolute atomic E-state index is 11.9. The third-order valence-electron chi connectivity index (χ3n) is 2.64. The van der Waals surface area contributed by atoms with Gasteiger partial charge in [-0.15, -0.1) is 0 Å². The van der Waals surface area contributed by atoms with Crippen molar-refractivity contribution in [3.05, 3.63) is 0 Å². The second kappa shape index (κ2) is 3.87. The molecule has 1 aliphatic heterocycles. The first-order valence-corrected chi connectivity index (χ1v) is 5.11. The summed E-state index contributed by atoms with van der Waals surface area (Å²) in [6.45, 7) is 8.26. The highest BCUT2D eigenvalue weighted by Gasteiger charge is 2.33. The Morgan fingerprint density at radius 1 is 1.43 bits per heavy atom.